The summed E-state index contributed by atoms with van der Waals surface area (Å²) >= 11 is 0. The van der Waals surface area contributed by atoms with Crippen LogP contribution in [0, 0.1) is 29.1 Å². The van der Waals surface area contributed by atoms with Crippen molar-refractivity contribution in [3.63, 3.8) is 0 Å². The number of benzene rings is 1. The minimum Gasteiger partial charge on any atom is -0.272 e. The highest BCUT2D eigenvalue weighted by molar-refractivity contribution is 6.07. The monoisotopic (exact) mass is 292 g/mol. The summed E-state index contributed by atoms with van der Waals surface area (Å²) in [5.41, 5.74) is 1.13. The van der Waals surface area contributed by atoms with Gasteiger partial charge in [0.1, 0.15) is 0 Å². The molecule has 3 aliphatic carbocycles. The Labute approximate surface area is 128 Å². The van der Waals surface area contributed by atoms with Gasteiger partial charge < -0.3 is 0 Å². The maximum Gasteiger partial charge on any atom is 0.254 e. The summed E-state index contributed by atoms with van der Waals surface area (Å²) in [6, 6.07) is 9.54. The van der Waals surface area contributed by atoms with Gasteiger partial charge in [-0.1, -0.05) is 42.5 Å². The van der Waals surface area contributed by atoms with Crippen LogP contribution in [0.5, 0.6) is 0 Å². The number of hydrogen-bond donors (Lipinski definition) is 0. The molecule has 1 spiro atoms. The Morgan fingerprint density at radius 3 is 2.14 bits per heavy atom. The second kappa shape index (κ2) is 3.94. The fraction of sp³-hybridized carbons (Fsp3) is 0.389. The van der Waals surface area contributed by atoms with E-state index < -0.39 is 0 Å². The van der Waals surface area contributed by atoms with Crippen molar-refractivity contribution in [3.05, 3.63) is 48.0 Å². The van der Waals surface area contributed by atoms with E-state index in [-0.39, 0.29) is 40.9 Å². The molecule has 4 aliphatic rings. The van der Waals surface area contributed by atoms with Crippen LogP contribution in [-0.4, -0.2) is 23.0 Å². The molecule has 4 atom stereocenters. The van der Waals surface area contributed by atoms with Gasteiger partial charge in [0.2, 0.25) is 0 Å². The number of rotatable bonds is 2. The molecule has 4 unspecified atom stereocenters. The van der Waals surface area contributed by atoms with E-state index in [9.17, 15) is 9.59 Å². The van der Waals surface area contributed by atoms with Gasteiger partial charge >= 0.3 is 0 Å². The molecule has 1 aliphatic heterocycles. The number of fused-ring (bicyclic) bond motifs is 3. The van der Waals surface area contributed by atoms with E-state index in [2.05, 4.69) is 17.3 Å². The molecule has 0 N–H and O–H groups in total. The van der Waals surface area contributed by atoms with Gasteiger partial charge in [0, 0.05) is 0 Å². The number of carbonyl (C=O) groups is 2. The van der Waals surface area contributed by atoms with Crippen LogP contribution < -0.4 is 0 Å². The molecule has 110 valence electrons. The van der Waals surface area contributed by atoms with Crippen molar-refractivity contribution in [2.45, 2.75) is 12.8 Å². The molecule has 1 aromatic carbocycles. The third-order valence-corrected chi connectivity index (χ3v) is 5.95. The van der Waals surface area contributed by atoms with Gasteiger partial charge in [-0.15, -0.1) is 0 Å². The Kier molecular flexibility index (Phi) is 2.21. The second-order valence-corrected chi connectivity index (χ2v) is 6.86. The molecule has 5 rings (SSSR count). The van der Waals surface area contributed by atoms with Crippen LogP contribution in [0.1, 0.15) is 18.4 Å². The topological polar surface area (TPSA) is 49.7 Å². The van der Waals surface area contributed by atoms with E-state index in [1.807, 2.05) is 30.3 Å². The maximum atomic E-state index is 12.7. The van der Waals surface area contributed by atoms with Crippen LogP contribution in [0.15, 0.2) is 47.6 Å². The molecule has 2 saturated carbocycles. The van der Waals surface area contributed by atoms with Gasteiger partial charge in [-0.3, -0.25) is 9.59 Å². The predicted octanol–water partition coefficient (Wildman–Crippen LogP) is 2.22. The van der Waals surface area contributed by atoms with E-state index in [4.69, 9.17) is 0 Å². The van der Waals surface area contributed by atoms with Crippen LogP contribution in [0.4, 0.5) is 0 Å². The lowest BCUT2D eigenvalue weighted by atomic mass is 9.85. The molecule has 4 heteroatoms. The summed E-state index contributed by atoms with van der Waals surface area (Å²) in [6.07, 6.45) is 8.27. The van der Waals surface area contributed by atoms with Crippen molar-refractivity contribution in [2.75, 3.05) is 0 Å². The zero-order valence-electron chi connectivity index (χ0n) is 12.1. The third-order valence-electron chi connectivity index (χ3n) is 5.95. The lowest BCUT2D eigenvalue weighted by Gasteiger charge is -2.18. The van der Waals surface area contributed by atoms with Crippen molar-refractivity contribution in [1.82, 2.24) is 5.01 Å². The third kappa shape index (κ3) is 1.35. The molecule has 1 saturated heterocycles. The Bertz CT molecular complexity index is 699. The number of hydrazone groups is 1. The normalized spacial score (nSPS) is 36.8. The Hall–Kier alpha value is -2.23. The first kappa shape index (κ1) is 12.3. The molecule has 3 fully saturated rings. The van der Waals surface area contributed by atoms with E-state index in [1.165, 1.54) is 0 Å². The second-order valence-electron chi connectivity index (χ2n) is 6.86. The zero-order valence-corrected chi connectivity index (χ0v) is 12.1. The Morgan fingerprint density at radius 1 is 1.00 bits per heavy atom. The first-order valence-corrected chi connectivity index (χ1v) is 7.87. The zero-order chi connectivity index (χ0) is 14.9. The van der Waals surface area contributed by atoms with Crippen molar-refractivity contribution in [3.8, 4) is 0 Å². The number of nitrogens with zero attached hydrogens (tertiary/aromatic N) is 2. The predicted molar refractivity (Wildman–Crippen MR) is 80.7 cm³/mol. The number of carbonyl (C=O) groups excluding carboxylic acids is 2. The molecule has 2 amide bonds. The van der Waals surface area contributed by atoms with Crippen LogP contribution >= 0.6 is 0 Å². The molecule has 0 aromatic heterocycles. The molecule has 0 radical (unpaired) electrons. The number of allylic oxidation sites excluding steroid dienone is 2. The lowest BCUT2D eigenvalue weighted by Crippen LogP contribution is -2.30. The summed E-state index contributed by atoms with van der Waals surface area (Å²) in [5, 5.41) is 5.30. The van der Waals surface area contributed by atoms with Gasteiger partial charge in [-0.25, -0.2) is 0 Å². The number of imide groups is 1. The first-order chi connectivity index (χ1) is 10.7. The minimum absolute atomic E-state index is 0.106. The summed E-state index contributed by atoms with van der Waals surface area (Å²) in [6.45, 7) is 0. The SMILES string of the molecule is O=C1C2C(C(=O)N1N=Cc1ccccc1)C1C=CC2C12CC2. The quantitative estimate of drug-likeness (QED) is 0.477. The lowest BCUT2D eigenvalue weighted by molar-refractivity contribution is -0.141. The van der Waals surface area contributed by atoms with Crippen LogP contribution in [0.25, 0.3) is 0 Å². The maximum absolute atomic E-state index is 12.7. The van der Waals surface area contributed by atoms with Crippen molar-refractivity contribution < 1.29 is 9.59 Å². The molecular weight excluding hydrogens is 276 g/mol. The molecule has 1 heterocycles. The van der Waals surface area contributed by atoms with Crippen LogP contribution in [0.3, 0.4) is 0 Å². The molecule has 1 aromatic rings. The van der Waals surface area contributed by atoms with Crippen molar-refractivity contribution in [1.29, 1.82) is 0 Å². The number of amides is 2. The van der Waals surface area contributed by atoms with E-state index in [1.54, 1.807) is 6.21 Å². The van der Waals surface area contributed by atoms with Gasteiger partial charge in [0.05, 0.1) is 18.1 Å². The fourth-order valence-electron chi connectivity index (χ4n) is 4.84. The number of hydrogen-bond acceptors (Lipinski definition) is 3. The summed E-state index contributed by atoms with van der Waals surface area (Å²) in [7, 11) is 0. The van der Waals surface area contributed by atoms with Crippen LogP contribution in [0.2, 0.25) is 0 Å². The van der Waals surface area contributed by atoms with E-state index >= 15 is 0 Å². The molecule has 4 nitrogen and oxygen atoms in total. The molecule has 22 heavy (non-hydrogen) atoms. The standard InChI is InChI=1S/C18H16N2O2/c21-16-14-12-6-7-13(18(12)8-9-18)15(14)17(22)20(16)19-10-11-4-2-1-3-5-11/h1-7,10,12-15H,8-9H2. The van der Waals surface area contributed by atoms with Crippen molar-refractivity contribution in [2.24, 2.45) is 34.2 Å². The smallest absolute Gasteiger partial charge is 0.254 e. The van der Waals surface area contributed by atoms with Gasteiger partial charge in [0.25, 0.3) is 11.8 Å². The van der Waals surface area contributed by atoms with Gasteiger partial charge in [-0.05, 0) is 35.7 Å². The van der Waals surface area contributed by atoms with Crippen molar-refractivity contribution >= 4 is 18.0 Å². The average Bonchev–Trinajstić information content (AvgIpc) is 3.14. The van der Waals surface area contributed by atoms with E-state index in [0.717, 1.165) is 23.4 Å². The van der Waals surface area contributed by atoms with Gasteiger partial charge in [0.15, 0.2) is 0 Å². The molecular formula is C18H16N2O2. The summed E-state index contributed by atoms with van der Waals surface area (Å²) in [4.78, 5) is 25.4. The summed E-state index contributed by atoms with van der Waals surface area (Å²) < 4.78 is 0. The van der Waals surface area contributed by atoms with Gasteiger partial charge in [-0.2, -0.15) is 10.1 Å². The van der Waals surface area contributed by atoms with Crippen LogP contribution in [-0.2, 0) is 9.59 Å². The summed E-state index contributed by atoms with van der Waals surface area (Å²) in [5.74, 6) is -0.0294. The first-order valence-electron chi connectivity index (χ1n) is 7.87. The minimum atomic E-state index is -0.169. The molecule has 2 bridgehead atoms. The highest BCUT2D eigenvalue weighted by Crippen LogP contribution is 2.73. The largest absolute Gasteiger partial charge is 0.272 e. The average molecular weight is 292 g/mol. The Balaban J connectivity index is 1.46. The Morgan fingerprint density at radius 2 is 1.59 bits per heavy atom. The highest BCUT2D eigenvalue weighted by Gasteiger charge is 2.73. The highest BCUT2D eigenvalue weighted by atomic mass is 16.2. The fourth-order valence-corrected chi connectivity index (χ4v) is 4.84. The van der Waals surface area contributed by atoms with E-state index in [0.29, 0.717) is 0 Å².